The van der Waals surface area contributed by atoms with E-state index >= 15 is 0 Å². The van der Waals surface area contributed by atoms with E-state index in [0.717, 1.165) is 16.0 Å². The van der Waals surface area contributed by atoms with E-state index in [0.29, 0.717) is 12.8 Å². The Morgan fingerprint density at radius 3 is 2.06 bits per heavy atom. The lowest BCUT2D eigenvalue weighted by atomic mass is 10.1. The van der Waals surface area contributed by atoms with Gasteiger partial charge in [-0.1, -0.05) is 0 Å². The van der Waals surface area contributed by atoms with Gasteiger partial charge in [-0.15, -0.1) is 0 Å². The highest BCUT2D eigenvalue weighted by atomic mass is 32.2. The zero-order chi connectivity index (χ0) is 12.4. The summed E-state index contributed by atoms with van der Waals surface area (Å²) in [4.78, 5) is 12.3. The van der Waals surface area contributed by atoms with Crippen molar-refractivity contribution in [3.63, 3.8) is 0 Å². The summed E-state index contributed by atoms with van der Waals surface area (Å²) < 4.78 is 58.1. The predicted octanol–water partition coefficient (Wildman–Crippen LogP) is 1.03. The van der Waals surface area contributed by atoms with Crippen LogP contribution in [0.25, 0.3) is 0 Å². The highest BCUT2D eigenvalue weighted by Gasteiger charge is 2.47. The van der Waals surface area contributed by atoms with E-state index in [1.165, 1.54) is 0 Å². The van der Waals surface area contributed by atoms with Crippen molar-refractivity contribution in [3.8, 4) is 0 Å². The van der Waals surface area contributed by atoms with Crippen LogP contribution in [-0.4, -0.2) is 37.9 Å². The summed E-state index contributed by atoms with van der Waals surface area (Å²) in [6.07, 6.45) is 2.22. The maximum atomic E-state index is 11.9. The lowest BCUT2D eigenvalue weighted by molar-refractivity contribution is -0.0445. The largest absolute Gasteiger partial charge is 0.516 e. The molecule has 9 heteroatoms. The van der Waals surface area contributed by atoms with Crippen LogP contribution in [0.2, 0.25) is 0 Å². The second kappa shape index (κ2) is 4.48. The van der Waals surface area contributed by atoms with E-state index in [1.807, 2.05) is 0 Å². The summed E-state index contributed by atoms with van der Waals surface area (Å²) in [7, 11) is -5.59. The lowest BCUT2D eigenvalue weighted by Crippen LogP contribution is -2.48. The molecule has 1 aliphatic rings. The Balaban J connectivity index is 2.64. The van der Waals surface area contributed by atoms with Crippen molar-refractivity contribution < 1.29 is 26.4 Å². The molecule has 1 fully saturated rings. The number of sulfonamides is 1. The molecule has 0 spiro atoms. The number of carbonyl (C=O) groups excluding carboxylic acids is 1. The molecule has 0 radical (unpaired) electrons. The van der Waals surface area contributed by atoms with Gasteiger partial charge in [0.2, 0.25) is 0 Å². The third-order valence-corrected chi connectivity index (χ3v) is 3.22. The van der Waals surface area contributed by atoms with E-state index in [1.54, 1.807) is 0 Å². The number of alkyl halides is 3. The van der Waals surface area contributed by atoms with Crippen LogP contribution in [0.4, 0.5) is 18.0 Å². The van der Waals surface area contributed by atoms with Crippen LogP contribution in [-0.2, 0) is 10.0 Å². The molecule has 5 nitrogen and oxygen atoms in total. The smallest absolute Gasteiger partial charge is 0.324 e. The fourth-order valence-corrected chi connectivity index (χ4v) is 1.81. The van der Waals surface area contributed by atoms with E-state index in [9.17, 15) is 26.4 Å². The molecule has 0 saturated carbocycles. The number of hydrogen-bond acceptors (Lipinski definition) is 3. The van der Waals surface area contributed by atoms with Gasteiger partial charge in [0.15, 0.2) is 0 Å². The molecule has 2 amide bonds. The monoisotopic (exact) mass is 260 g/mol. The third-order valence-electron chi connectivity index (χ3n) is 2.17. The number of rotatable bonds is 1. The fraction of sp³-hybridized carbons (Fsp3) is 0.857. The second-order valence-electron chi connectivity index (χ2n) is 3.40. The van der Waals surface area contributed by atoms with Crippen LogP contribution in [0.1, 0.15) is 19.3 Å². The van der Waals surface area contributed by atoms with Crippen molar-refractivity contribution >= 4 is 16.1 Å². The summed E-state index contributed by atoms with van der Waals surface area (Å²) in [5.41, 5.74) is -5.46. The Morgan fingerprint density at radius 1 is 1.12 bits per heavy atom. The van der Waals surface area contributed by atoms with Crippen LogP contribution >= 0.6 is 0 Å². The third kappa shape index (κ3) is 3.00. The molecule has 1 aliphatic heterocycles. The molecular weight excluding hydrogens is 249 g/mol. The van der Waals surface area contributed by atoms with Crippen LogP contribution in [0.15, 0.2) is 0 Å². The highest BCUT2D eigenvalue weighted by molar-refractivity contribution is 7.90. The van der Waals surface area contributed by atoms with E-state index in [2.05, 4.69) is 0 Å². The highest BCUT2D eigenvalue weighted by Crippen LogP contribution is 2.22. The number of likely N-dealkylation sites (tertiary alicyclic amines) is 1. The van der Waals surface area contributed by atoms with E-state index in [-0.39, 0.29) is 13.1 Å². The van der Waals surface area contributed by atoms with Gasteiger partial charge in [-0.05, 0) is 19.3 Å². The first-order valence-corrected chi connectivity index (χ1v) is 6.10. The number of amides is 2. The zero-order valence-corrected chi connectivity index (χ0v) is 9.07. The summed E-state index contributed by atoms with van der Waals surface area (Å²) in [6, 6.07) is -1.21. The van der Waals surface area contributed by atoms with Crippen LogP contribution in [0, 0.1) is 0 Å². The predicted molar refractivity (Wildman–Crippen MR) is 48.9 cm³/mol. The van der Waals surface area contributed by atoms with Crippen molar-refractivity contribution in [1.82, 2.24) is 9.62 Å². The average Bonchev–Trinajstić information content (AvgIpc) is 2.16. The normalized spacial score (nSPS) is 18.3. The van der Waals surface area contributed by atoms with E-state index < -0.39 is 21.6 Å². The van der Waals surface area contributed by atoms with Crippen molar-refractivity contribution in [2.24, 2.45) is 0 Å². The number of urea groups is 1. The van der Waals surface area contributed by atoms with Crippen LogP contribution < -0.4 is 4.72 Å². The molecule has 1 N–H and O–H groups in total. The van der Waals surface area contributed by atoms with Crippen LogP contribution in [0.5, 0.6) is 0 Å². The lowest BCUT2D eigenvalue weighted by Gasteiger charge is -2.26. The summed E-state index contributed by atoms with van der Waals surface area (Å²) >= 11 is 0. The van der Waals surface area contributed by atoms with Gasteiger partial charge in [-0.25, -0.2) is 9.52 Å². The second-order valence-corrected chi connectivity index (χ2v) is 5.08. The van der Waals surface area contributed by atoms with Gasteiger partial charge in [0, 0.05) is 13.1 Å². The topological polar surface area (TPSA) is 66.5 Å². The van der Waals surface area contributed by atoms with Gasteiger partial charge in [0.05, 0.1) is 0 Å². The Hall–Kier alpha value is -0.990. The maximum Gasteiger partial charge on any atom is 0.516 e. The first-order chi connectivity index (χ1) is 7.24. The van der Waals surface area contributed by atoms with Gasteiger partial charge >= 0.3 is 21.6 Å². The average molecular weight is 260 g/mol. The zero-order valence-electron chi connectivity index (χ0n) is 8.25. The molecule has 0 bridgehead atoms. The Kier molecular flexibility index (Phi) is 3.66. The molecule has 16 heavy (non-hydrogen) atoms. The number of nitrogens with zero attached hydrogens (tertiary/aromatic N) is 1. The van der Waals surface area contributed by atoms with Crippen molar-refractivity contribution in [2.45, 2.75) is 24.8 Å². The minimum Gasteiger partial charge on any atom is -0.324 e. The first kappa shape index (κ1) is 13.1. The number of piperidine rings is 1. The fourth-order valence-electron chi connectivity index (χ4n) is 1.33. The van der Waals surface area contributed by atoms with Gasteiger partial charge in [-0.3, -0.25) is 0 Å². The molecule has 0 aromatic heterocycles. The van der Waals surface area contributed by atoms with Gasteiger partial charge in [0.25, 0.3) is 0 Å². The molecule has 0 aliphatic carbocycles. The SMILES string of the molecule is O=C(NS(=O)(=O)C(F)(F)F)N1CCCCC1. The Bertz CT molecular complexity index is 360. The number of carbonyl (C=O) groups is 1. The molecule has 1 saturated heterocycles. The van der Waals surface area contributed by atoms with E-state index in [4.69, 9.17) is 0 Å². The molecule has 1 heterocycles. The maximum absolute atomic E-state index is 11.9. The number of halogens is 3. The Morgan fingerprint density at radius 2 is 1.62 bits per heavy atom. The quantitative estimate of drug-likeness (QED) is 0.765. The van der Waals surface area contributed by atoms with Gasteiger partial charge < -0.3 is 4.90 Å². The molecule has 0 aromatic rings. The molecule has 0 atom stereocenters. The Labute approximate surface area is 90.7 Å². The standard InChI is InChI=1S/C7H11F3N2O3S/c8-7(9,10)16(14,15)11-6(13)12-4-2-1-3-5-12/h1-5H2,(H,11,13). The minimum absolute atomic E-state index is 0.277. The first-order valence-electron chi connectivity index (χ1n) is 4.62. The summed E-state index contributed by atoms with van der Waals surface area (Å²) in [6.45, 7) is 0.554. The molecular formula is C7H11F3N2O3S. The molecule has 0 aromatic carbocycles. The van der Waals surface area contributed by atoms with Crippen molar-refractivity contribution in [1.29, 1.82) is 0 Å². The molecule has 1 rings (SSSR count). The molecule has 0 unspecified atom stereocenters. The van der Waals surface area contributed by atoms with Crippen molar-refractivity contribution in [2.75, 3.05) is 13.1 Å². The number of hydrogen-bond donors (Lipinski definition) is 1. The summed E-state index contributed by atoms with van der Waals surface area (Å²) in [5.74, 6) is 0. The van der Waals surface area contributed by atoms with Crippen LogP contribution in [0.3, 0.4) is 0 Å². The number of nitrogens with one attached hydrogen (secondary N) is 1. The van der Waals surface area contributed by atoms with Crippen molar-refractivity contribution in [3.05, 3.63) is 0 Å². The minimum atomic E-state index is -5.59. The summed E-state index contributed by atoms with van der Waals surface area (Å²) in [5, 5.41) is 0. The van der Waals surface area contributed by atoms with Gasteiger partial charge in [0.1, 0.15) is 0 Å². The van der Waals surface area contributed by atoms with Gasteiger partial charge in [-0.2, -0.15) is 21.6 Å². The molecule has 94 valence electrons.